The predicted octanol–water partition coefficient (Wildman–Crippen LogP) is 1.27. The van der Waals surface area contributed by atoms with Crippen LogP contribution >= 0.6 is 0 Å². The molecule has 0 radical (unpaired) electrons. The summed E-state index contributed by atoms with van der Waals surface area (Å²) in [6, 6.07) is 0. The van der Waals surface area contributed by atoms with Gasteiger partial charge in [0.2, 0.25) is 0 Å². The fraction of sp³-hybridized carbons (Fsp3) is 1.00. The van der Waals surface area contributed by atoms with Crippen LogP contribution < -0.4 is 5.32 Å². The lowest BCUT2D eigenvalue weighted by Crippen LogP contribution is -2.12. The van der Waals surface area contributed by atoms with Crippen LogP contribution in [0.5, 0.6) is 0 Å². The van der Waals surface area contributed by atoms with E-state index < -0.39 is 0 Å². The highest BCUT2D eigenvalue weighted by molar-refractivity contribution is 4.69. The number of rotatable bonds is 2. The Balaban J connectivity index is 0.000000371. The Morgan fingerprint density at radius 1 is 1.50 bits per heavy atom. The van der Waals surface area contributed by atoms with Gasteiger partial charge in [0.15, 0.2) is 0 Å². The average molecular weight is 145 g/mol. The van der Waals surface area contributed by atoms with Gasteiger partial charge in [-0.15, -0.1) is 0 Å². The largest absolute Gasteiger partial charge is 0.384 e. The zero-order valence-corrected chi connectivity index (χ0v) is 7.31. The normalized spacial score (nSPS) is 23.7. The van der Waals surface area contributed by atoms with Gasteiger partial charge < -0.3 is 10.1 Å². The quantitative estimate of drug-likeness (QED) is 0.632. The highest BCUT2D eigenvalue weighted by atomic mass is 16.5. The van der Waals surface area contributed by atoms with Crippen molar-refractivity contribution in [3.63, 3.8) is 0 Å². The van der Waals surface area contributed by atoms with E-state index in [1.165, 1.54) is 13.0 Å². The third-order valence-electron chi connectivity index (χ3n) is 1.56. The monoisotopic (exact) mass is 145 g/mol. The SMILES string of the molecule is CC.COCC1CCNC1. The van der Waals surface area contributed by atoms with E-state index in [4.69, 9.17) is 4.74 Å². The number of hydrogen-bond acceptors (Lipinski definition) is 2. The van der Waals surface area contributed by atoms with E-state index in [1.807, 2.05) is 13.8 Å². The lowest BCUT2D eigenvalue weighted by atomic mass is 10.1. The first-order valence-electron chi connectivity index (χ1n) is 4.13. The minimum absolute atomic E-state index is 0.778. The first kappa shape index (κ1) is 9.92. The van der Waals surface area contributed by atoms with Crippen molar-refractivity contribution in [3.8, 4) is 0 Å². The van der Waals surface area contributed by atoms with Gasteiger partial charge in [0, 0.05) is 13.7 Å². The molecule has 0 amide bonds. The molecule has 1 N–H and O–H groups in total. The van der Waals surface area contributed by atoms with Crippen LogP contribution in [0.25, 0.3) is 0 Å². The molecule has 0 aromatic rings. The Morgan fingerprint density at radius 3 is 2.60 bits per heavy atom. The van der Waals surface area contributed by atoms with Crippen LogP contribution in [0.3, 0.4) is 0 Å². The number of hydrogen-bond donors (Lipinski definition) is 1. The Bertz CT molecular complexity index is 60.3. The van der Waals surface area contributed by atoms with Crippen molar-refractivity contribution in [2.45, 2.75) is 20.3 Å². The molecule has 1 rings (SSSR count). The Hall–Kier alpha value is -0.0800. The van der Waals surface area contributed by atoms with E-state index in [-0.39, 0.29) is 0 Å². The molecular formula is C8H19NO. The van der Waals surface area contributed by atoms with Gasteiger partial charge in [-0.25, -0.2) is 0 Å². The summed E-state index contributed by atoms with van der Waals surface area (Å²) in [7, 11) is 1.76. The van der Waals surface area contributed by atoms with Gasteiger partial charge in [0.05, 0.1) is 6.61 Å². The molecule has 1 saturated heterocycles. The van der Waals surface area contributed by atoms with Crippen LogP contribution in [-0.4, -0.2) is 26.8 Å². The first-order valence-corrected chi connectivity index (χ1v) is 4.13. The molecule has 1 aliphatic heterocycles. The molecule has 1 atom stereocenters. The summed E-state index contributed by atoms with van der Waals surface area (Å²) in [6.45, 7) is 7.24. The van der Waals surface area contributed by atoms with Crippen LogP contribution in [0.4, 0.5) is 0 Å². The third kappa shape index (κ3) is 3.85. The van der Waals surface area contributed by atoms with E-state index >= 15 is 0 Å². The number of ether oxygens (including phenoxy) is 1. The van der Waals surface area contributed by atoms with E-state index in [0.29, 0.717) is 0 Å². The first-order chi connectivity index (χ1) is 4.93. The Kier molecular flexibility index (Phi) is 6.98. The maximum absolute atomic E-state index is 4.99. The van der Waals surface area contributed by atoms with Crippen LogP contribution in [0, 0.1) is 5.92 Å². The van der Waals surface area contributed by atoms with Crippen LogP contribution in [0.2, 0.25) is 0 Å². The second kappa shape index (κ2) is 7.03. The fourth-order valence-electron chi connectivity index (χ4n) is 1.09. The van der Waals surface area contributed by atoms with Gasteiger partial charge in [-0.2, -0.15) is 0 Å². The average Bonchev–Trinajstić information content (AvgIpc) is 2.46. The van der Waals surface area contributed by atoms with Crippen molar-refractivity contribution in [3.05, 3.63) is 0 Å². The van der Waals surface area contributed by atoms with Crippen molar-refractivity contribution >= 4 is 0 Å². The van der Waals surface area contributed by atoms with E-state index in [1.54, 1.807) is 7.11 Å². The molecule has 1 unspecified atom stereocenters. The summed E-state index contributed by atoms with van der Waals surface area (Å²) >= 11 is 0. The molecule has 0 spiro atoms. The Morgan fingerprint density at radius 2 is 2.20 bits per heavy atom. The van der Waals surface area contributed by atoms with Crippen molar-refractivity contribution in [1.29, 1.82) is 0 Å². The molecular weight excluding hydrogens is 126 g/mol. The minimum atomic E-state index is 0.778. The number of nitrogens with one attached hydrogen (secondary N) is 1. The molecule has 2 heteroatoms. The second-order valence-corrected chi connectivity index (χ2v) is 2.31. The van der Waals surface area contributed by atoms with E-state index in [2.05, 4.69) is 5.32 Å². The summed E-state index contributed by atoms with van der Waals surface area (Å²) < 4.78 is 4.99. The highest BCUT2D eigenvalue weighted by Gasteiger charge is 2.12. The maximum Gasteiger partial charge on any atom is 0.0503 e. The standard InChI is InChI=1S/C6H13NO.C2H6/c1-8-5-6-2-3-7-4-6;1-2/h6-7H,2-5H2,1H3;1-2H3. The van der Waals surface area contributed by atoms with Crippen LogP contribution in [0.15, 0.2) is 0 Å². The highest BCUT2D eigenvalue weighted by Crippen LogP contribution is 2.05. The molecule has 0 bridgehead atoms. The van der Waals surface area contributed by atoms with E-state index in [9.17, 15) is 0 Å². The summed E-state index contributed by atoms with van der Waals surface area (Å²) in [4.78, 5) is 0. The van der Waals surface area contributed by atoms with Gasteiger partial charge in [-0.1, -0.05) is 13.8 Å². The lowest BCUT2D eigenvalue weighted by Gasteiger charge is -2.03. The predicted molar refractivity (Wildman–Crippen MR) is 44.2 cm³/mol. The second-order valence-electron chi connectivity index (χ2n) is 2.31. The molecule has 0 saturated carbocycles. The van der Waals surface area contributed by atoms with Gasteiger partial charge >= 0.3 is 0 Å². The van der Waals surface area contributed by atoms with Crippen molar-refractivity contribution in [1.82, 2.24) is 5.32 Å². The molecule has 10 heavy (non-hydrogen) atoms. The summed E-state index contributed by atoms with van der Waals surface area (Å²) in [5.41, 5.74) is 0. The smallest absolute Gasteiger partial charge is 0.0503 e. The van der Waals surface area contributed by atoms with Gasteiger partial charge in [-0.05, 0) is 18.9 Å². The number of methoxy groups -OCH3 is 1. The molecule has 0 aliphatic carbocycles. The molecule has 0 aromatic heterocycles. The minimum Gasteiger partial charge on any atom is -0.384 e. The van der Waals surface area contributed by atoms with Crippen LogP contribution in [0.1, 0.15) is 20.3 Å². The molecule has 0 aromatic carbocycles. The molecule has 1 fully saturated rings. The molecule has 1 aliphatic rings. The third-order valence-corrected chi connectivity index (χ3v) is 1.56. The molecule has 62 valence electrons. The summed E-state index contributed by atoms with van der Waals surface area (Å²) in [6.07, 6.45) is 1.29. The van der Waals surface area contributed by atoms with Gasteiger partial charge in [-0.3, -0.25) is 0 Å². The molecule has 1 heterocycles. The van der Waals surface area contributed by atoms with Gasteiger partial charge in [0.25, 0.3) is 0 Å². The fourth-order valence-corrected chi connectivity index (χ4v) is 1.09. The van der Waals surface area contributed by atoms with Crippen molar-refractivity contribution in [2.75, 3.05) is 26.8 Å². The van der Waals surface area contributed by atoms with Gasteiger partial charge in [0.1, 0.15) is 0 Å². The van der Waals surface area contributed by atoms with Crippen molar-refractivity contribution in [2.24, 2.45) is 5.92 Å². The van der Waals surface area contributed by atoms with E-state index in [0.717, 1.165) is 19.1 Å². The molecule has 2 nitrogen and oxygen atoms in total. The topological polar surface area (TPSA) is 21.3 Å². The zero-order chi connectivity index (χ0) is 7.82. The summed E-state index contributed by atoms with van der Waals surface area (Å²) in [5.74, 6) is 0.778. The van der Waals surface area contributed by atoms with Crippen LogP contribution in [-0.2, 0) is 4.74 Å². The van der Waals surface area contributed by atoms with Crippen molar-refractivity contribution < 1.29 is 4.74 Å². The lowest BCUT2D eigenvalue weighted by molar-refractivity contribution is 0.160. The summed E-state index contributed by atoms with van der Waals surface area (Å²) in [5, 5.41) is 3.28. The zero-order valence-electron chi connectivity index (χ0n) is 7.31. The maximum atomic E-state index is 4.99. The Labute approximate surface area is 64.0 Å².